The highest BCUT2D eigenvalue weighted by atomic mass is 16.5. The molecule has 2 heterocycles. The number of hydrogen-bond donors (Lipinski definition) is 3. The fourth-order valence-corrected chi connectivity index (χ4v) is 3.15. The number of imidazole rings is 1. The molecular formula is C19H19N3O4. The lowest BCUT2D eigenvalue weighted by atomic mass is 10.0. The number of aromatic amines is 2. The van der Waals surface area contributed by atoms with Crippen LogP contribution in [0.3, 0.4) is 0 Å². The summed E-state index contributed by atoms with van der Waals surface area (Å²) in [6, 6.07) is 10.8. The Morgan fingerprint density at radius 2 is 2.04 bits per heavy atom. The van der Waals surface area contributed by atoms with Gasteiger partial charge in [0.15, 0.2) is 18.1 Å². The lowest BCUT2D eigenvalue weighted by molar-refractivity contribution is -0.118. The summed E-state index contributed by atoms with van der Waals surface area (Å²) in [4.78, 5) is 28.8. The topological polar surface area (TPSA) is 96.2 Å². The van der Waals surface area contributed by atoms with E-state index < -0.39 is 0 Å². The van der Waals surface area contributed by atoms with Gasteiger partial charge in [-0.25, -0.2) is 4.79 Å². The Labute approximate surface area is 149 Å². The van der Waals surface area contributed by atoms with Crippen molar-refractivity contribution in [3.63, 3.8) is 0 Å². The molecule has 134 valence electrons. The highest BCUT2D eigenvalue weighted by Crippen LogP contribution is 2.41. The van der Waals surface area contributed by atoms with E-state index in [-0.39, 0.29) is 23.8 Å². The summed E-state index contributed by atoms with van der Waals surface area (Å²) >= 11 is 0. The second-order valence-corrected chi connectivity index (χ2v) is 6.96. The third kappa shape index (κ3) is 3.15. The summed E-state index contributed by atoms with van der Waals surface area (Å²) in [6.45, 7) is 3.90. The first kappa shape index (κ1) is 16.3. The number of fused-ring (bicyclic) bond motifs is 2. The quantitative estimate of drug-likeness (QED) is 0.672. The fraction of sp³-hybridized carbons (Fsp3) is 0.263. The first-order valence-corrected chi connectivity index (χ1v) is 8.35. The number of amides is 1. The predicted molar refractivity (Wildman–Crippen MR) is 97.9 cm³/mol. The van der Waals surface area contributed by atoms with Gasteiger partial charge in [-0.1, -0.05) is 12.1 Å². The number of rotatable bonds is 4. The van der Waals surface area contributed by atoms with Crippen molar-refractivity contribution in [2.24, 2.45) is 0 Å². The summed E-state index contributed by atoms with van der Waals surface area (Å²) in [5.41, 5.74) is 2.42. The molecule has 7 nitrogen and oxygen atoms in total. The minimum atomic E-state index is -0.294. The van der Waals surface area contributed by atoms with Crippen molar-refractivity contribution < 1.29 is 14.3 Å². The average Bonchev–Trinajstić information content (AvgIpc) is 3.09. The Kier molecular flexibility index (Phi) is 3.72. The van der Waals surface area contributed by atoms with Gasteiger partial charge < -0.3 is 24.8 Å². The van der Waals surface area contributed by atoms with Crippen molar-refractivity contribution in [3.8, 4) is 11.5 Å². The van der Waals surface area contributed by atoms with E-state index in [1.165, 1.54) is 0 Å². The summed E-state index contributed by atoms with van der Waals surface area (Å²) in [7, 11) is 0. The van der Waals surface area contributed by atoms with Crippen LogP contribution in [-0.4, -0.2) is 28.1 Å². The molecule has 0 aliphatic carbocycles. The number of benzene rings is 2. The molecule has 0 fully saturated rings. The molecule has 1 amide bonds. The minimum absolute atomic E-state index is 0.137. The molecule has 1 aliphatic heterocycles. The first-order chi connectivity index (χ1) is 12.4. The molecule has 0 saturated heterocycles. The van der Waals surface area contributed by atoms with Gasteiger partial charge in [-0.15, -0.1) is 0 Å². The van der Waals surface area contributed by atoms with E-state index in [1.54, 1.807) is 24.3 Å². The van der Waals surface area contributed by atoms with E-state index in [9.17, 15) is 9.59 Å². The number of carbonyl (C=O) groups is 1. The minimum Gasteiger partial charge on any atom is -0.483 e. The third-order valence-corrected chi connectivity index (χ3v) is 4.21. The molecule has 2 aromatic carbocycles. The maximum atomic E-state index is 12.2. The molecule has 0 atom stereocenters. The van der Waals surface area contributed by atoms with E-state index in [2.05, 4.69) is 15.3 Å². The molecule has 0 bridgehead atoms. The van der Waals surface area contributed by atoms with Gasteiger partial charge >= 0.3 is 5.69 Å². The van der Waals surface area contributed by atoms with Crippen molar-refractivity contribution in [3.05, 3.63) is 52.4 Å². The maximum Gasteiger partial charge on any atom is 0.323 e. The number of nitrogens with one attached hydrogen (secondary N) is 3. The summed E-state index contributed by atoms with van der Waals surface area (Å²) in [6.07, 6.45) is 0.806. The predicted octanol–water partition coefficient (Wildman–Crippen LogP) is 2.59. The van der Waals surface area contributed by atoms with Crippen LogP contribution in [0.15, 0.2) is 41.2 Å². The molecule has 1 aliphatic rings. The van der Waals surface area contributed by atoms with Crippen molar-refractivity contribution >= 4 is 22.6 Å². The van der Waals surface area contributed by atoms with E-state index in [0.717, 1.165) is 12.0 Å². The lowest BCUT2D eigenvalue weighted by Gasteiger charge is -2.18. The monoisotopic (exact) mass is 353 g/mol. The smallest absolute Gasteiger partial charge is 0.323 e. The van der Waals surface area contributed by atoms with Crippen molar-refractivity contribution in [1.29, 1.82) is 0 Å². The van der Waals surface area contributed by atoms with Crippen molar-refractivity contribution in [2.45, 2.75) is 25.9 Å². The fourth-order valence-electron chi connectivity index (χ4n) is 3.15. The Morgan fingerprint density at radius 1 is 1.23 bits per heavy atom. The number of ether oxygens (including phenoxy) is 2. The van der Waals surface area contributed by atoms with Crippen molar-refractivity contribution in [1.82, 2.24) is 9.97 Å². The molecule has 0 saturated carbocycles. The van der Waals surface area contributed by atoms with Crippen LogP contribution in [0.1, 0.15) is 19.4 Å². The Hall–Kier alpha value is -3.22. The van der Waals surface area contributed by atoms with E-state index in [0.29, 0.717) is 28.2 Å². The van der Waals surface area contributed by atoms with Crippen LogP contribution in [-0.2, 0) is 11.2 Å². The second kappa shape index (κ2) is 5.94. The zero-order chi connectivity index (χ0) is 18.3. The number of anilines is 1. The van der Waals surface area contributed by atoms with Crippen LogP contribution in [0.2, 0.25) is 0 Å². The van der Waals surface area contributed by atoms with Crippen LogP contribution in [0.25, 0.3) is 11.0 Å². The number of hydrogen-bond acceptors (Lipinski definition) is 4. The van der Waals surface area contributed by atoms with Crippen LogP contribution in [0.5, 0.6) is 11.5 Å². The Balaban J connectivity index is 1.43. The molecule has 26 heavy (non-hydrogen) atoms. The van der Waals surface area contributed by atoms with Gasteiger partial charge in [-0.3, -0.25) is 4.79 Å². The van der Waals surface area contributed by atoms with Gasteiger partial charge in [-0.05, 0) is 38.1 Å². The second-order valence-electron chi connectivity index (χ2n) is 6.96. The van der Waals surface area contributed by atoms with Gasteiger partial charge in [0.05, 0.1) is 11.0 Å². The molecule has 3 N–H and O–H groups in total. The summed E-state index contributed by atoms with van der Waals surface area (Å²) in [5, 5.41) is 2.76. The third-order valence-electron chi connectivity index (χ3n) is 4.21. The first-order valence-electron chi connectivity index (χ1n) is 8.35. The molecule has 4 rings (SSSR count). The largest absolute Gasteiger partial charge is 0.483 e. The van der Waals surface area contributed by atoms with Gasteiger partial charge in [0, 0.05) is 17.7 Å². The molecule has 0 radical (unpaired) electrons. The molecule has 3 aromatic rings. The summed E-state index contributed by atoms with van der Waals surface area (Å²) < 4.78 is 11.6. The molecule has 0 spiro atoms. The molecule has 0 unspecified atom stereocenters. The van der Waals surface area contributed by atoms with Gasteiger partial charge in [0.1, 0.15) is 5.60 Å². The SMILES string of the molecule is CC1(C)Cc2cccc(OCC(=O)Nc3ccc4[nH]c(=O)[nH]c4c3)c2O1. The van der Waals surface area contributed by atoms with Crippen molar-refractivity contribution in [2.75, 3.05) is 11.9 Å². The van der Waals surface area contributed by atoms with Gasteiger partial charge in [-0.2, -0.15) is 0 Å². The molecule has 1 aromatic heterocycles. The van der Waals surface area contributed by atoms with Gasteiger partial charge in [0.2, 0.25) is 0 Å². The van der Waals surface area contributed by atoms with E-state index >= 15 is 0 Å². The number of H-pyrrole nitrogens is 2. The standard InChI is InChI=1S/C19H19N3O4/c1-19(2)9-11-4-3-5-15(17(11)26-19)25-10-16(23)20-12-6-7-13-14(8-12)22-18(24)21-13/h3-8H,9-10H2,1-2H3,(H,20,23)(H2,21,22,24). The normalized spacial score (nSPS) is 14.7. The number of carbonyl (C=O) groups excluding carboxylic acids is 1. The van der Waals surface area contributed by atoms with Crippen LogP contribution in [0, 0.1) is 0 Å². The number of aromatic nitrogens is 2. The lowest BCUT2D eigenvalue weighted by Crippen LogP contribution is -2.25. The van der Waals surface area contributed by atoms with Crippen LogP contribution < -0.4 is 20.5 Å². The van der Waals surface area contributed by atoms with Crippen LogP contribution in [0.4, 0.5) is 5.69 Å². The Bertz CT molecular complexity index is 1050. The number of para-hydroxylation sites is 1. The zero-order valence-electron chi connectivity index (χ0n) is 14.5. The van der Waals surface area contributed by atoms with E-state index in [1.807, 2.05) is 26.0 Å². The molecular weight excluding hydrogens is 334 g/mol. The highest BCUT2D eigenvalue weighted by Gasteiger charge is 2.32. The average molecular weight is 353 g/mol. The van der Waals surface area contributed by atoms with Crippen LogP contribution >= 0.6 is 0 Å². The van der Waals surface area contributed by atoms with E-state index in [4.69, 9.17) is 9.47 Å². The molecule has 7 heteroatoms. The maximum absolute atomic E-state index is 12.2. The zero-order valence-corrected chi connectivity index (χ0v) is 14.5. The highest BCUT2D eigenvalue weighted by molar-refractivity contribution is 5.93. The van der Waals surface area contributed by atoms with Gasteiger partial charge in [0.25, 0.3) is 5.91 Å². The Morgan fingerprint density at radius 3 is 2.88 bits per heavy atom. The summed E-state index contributed by atoms with van der Waals surface area (Å²) in [5.74, 6) is 0.974.